The van der Waals surface area contributed by atoms with E-state index in [4.69, 9.17) is 5.26 Å². The van der Waals surface area contributed by atoms with Crippen LogP contribution in [0, 0.1) is 16.7 Å². The van der Waals surface area contributed by atoms with Crippen LogP contribution in [0.1, 0.15) is 26.7 Å². The van der Waals surface area contributed by atoms with E-state index in [1.165, 1.54) is 6.42 Å². The quantitative estimate of drug-likeness (QED) is 0.643. The van der Waals surface area contributed by atoms with Gasteiger partial charge in [0.25, 0.3) is 0 Å². The maximum atomic E-state index is 8.88. The molecule has 0 saturated carbocycles. The van der Waals surface area contributed by atoms with E-state index in [9.17, 15) is 0 Å². The van der Waals surface area contributed by atoms with Crippen LogP contribution in [0.2, 0.25) is 0 Å². The van der Waals surface area contributed by atoms with Crippen molar-refractivity contribution in [2.75, 3.05) is 40.8 Å². The summed E-state index contributed by atoms with van der Waals surface area (Å²) in [5, 5.41) is 8.88. The fourth-order valence-corrected chi connectivity index (χ4v) is 1.29. The molecule has 0 aliphatic rings. The highest BCUT2D eigenvalue weighted by Gasteiger charge is 2.16. The monoisotopic (exact) mass is 211 g/mol. The molecule has 0 aliphatic heterocycles. The minimum atomic E-state index is -0.185. The van der Waals surface area contributed by atoms with E-state index in [0.29, 0.717) is 0 Å². The van der Waals surface area contributed by atoms with Gasteiger partial charge in [0.05, 0.1) is 11.5 Å². The molecule has 0 aromatic heterocycles. The van der Waals surface area contributed by atoms with Crippen LogP contribution in [0.3, 0.4) is 0 Å². The summed E-state index contributed by atoms with van der Waals surface area (Å²) in [5.74, 6) is 0. The zero-order valence-electron chi connectivity index (χ0n) is 10.9. The smallest absolute Gasteiger partial charge is 0.0684 e. The van der Waals surface area contributed by atoms with Gasteiger partial charge in [0.2, 0.25) is 0 Å². The molecule has 15 heavy (non-hydrogen) atoms. The third-order valence-electron chi connectivity index (χ3n) is 2.57. The zero-order valence-corrected chi connectivity index (χ0v) is 10.9. The molecule has 0 fully saturated rings. The van der Waals surface area contributed by atoms with Crippen molar-refractivity contribution in [3.8, 4) is 6.07 Å². The standard InChI is InChI=1S/C12H25N3/c1-12(2,11-13)7-10-15(5)9-6-8-14(3)4/h6-10H2,1-5H3. The largest absolute Gasteiger partial charge is 0.309 e. The average Bonchev–Trinajstić information content (AvgIpc) is 2.14. The summed E-state index contributed by atoms with van der Waals surface area (Å²) < 4.78 is 0. The summed E-state index contributed by atoms with van der Waals surface area (Å²) in [7, 11) is 6.32. The molecule has 0 aromatic carbocycles. The number of rotatable bonds is 7. The van der Waals surface area contributed by atoms with Crippen molar-refractivity contribution in [1.82, 2.24) is 9.80 Å². The van der Waals surface area contributed by atoms with E-state index < -0.39 is 0 Å². The molecule has 88 valence electrons. The molecule has 0 amide bonds. The van der Waals surface area contributed by atoms with Gasteiger partial charge in [-0.1, -0.05) is 0 Å². The Morgan fingerprint density at radius 2 is 1.67 bits per heavy atom. The minimum absolute atomic E-state index is 0.185. The van der Waals surface area contributed by atoms with Gasteiger partial charge in [-0.2, -0.15) is 5.26 Å². The first-order chi connectivity index (χ1) is 6.87. The summed E-state index contributed by atoms with van der Waals surface area (Å²) in [6, 6.07) is 2.34. The molecule has 0 radical (unpaired) electrons. The Kier molecular flexibility index (Phi) is 6.55. The molecule has 0 aliphatic carbocycles. The molecule has 0 rings (SSSR count). The number of hydrogen-bond acceptors (Lipinski definition) is 3. The van der Waals surface area contributed by atoms with Crippen LogP contribution >= 0.6 is 0 Å². The number of nitriles is 1. The van der Waals surface area contributed by atoms with Crippen molar-refractivity contribution < 1.29 is 0 Å². The van der Waals surface area contributed by atoms with E-state index >= 15 is 0 Å². The first-order valence-corrected chi connectivity index (χ1v) is 5.62. The van der Waals surface area contributed by atoms with Gasteiger partial charge in [-0.25, -0.2) is 0 Å². The van der Waals surface area contributed by atoms with Crippen LogP contribution in [-0.4, -0.2) is 50.6 Å². The molecule has 3 heteroatoms. The van der Waals surface area contributed by atoms with Crippen LogP contribution < -0.4 is 0 Å². The fraction of sp³-hybridized carbons (Fsp3) is 0.917. The summed E-state index contributed by atoms with van der Waals surface area (Å²) >= 11 is 0. The van der Waals surface area contributed by atoms with Gasteiger partial charge in [-0.3, -0.25) is 0 Å². The van der Waals surface area contributed by atoms with Crippen molar-refractivity contribution in [2.45, 2.75) is 26.7 Å². The first-order valence-electron chi connectivity index (χ1n) is 5.62. The van der Waals surface area contributed by atoms with Crippen molar-refractivity contribution in [3.05, 3.63) is 0 Å². The van der Waals surface area contributed by atoms with Gasteiger partial charge in [0.15, 0.2) is 0 Å². The molecule has 0 N–H and O–H groups in total. The highest BCUT2D eigenvalue weighted by Crippen LogP contribution is 2.18. The minimum Gasteiger partial charge on any atom is -0.309 e. The van der Waals surface area contributed by atoms with Crippen LogP contribution in [0.5, 0.6) is 0 Å². The fourth-order valence-electron chi connectivity index (χ4n) is 1.29. The molecule has 0 unspecified atom stereocenters. The van der Waals surface area contributed by atoms with Crippen molar-refractivity contribution in [3.63, 3.8) is 0 Å². The summed E-state index contributed by atoms with van der Waals surface area (Å²) in [4.78, 5) is 4.51. The van der Waals surface area contributed by atoms with E-state index in [1.807, 2.05) is 13.8 Å². The Morgan fingerprint density at radius 3 is 2.13 bits per heavy atom. The second kappa shape index (κ2) is 6.81. The predicted molar refractivity (Wildman–Crippen MR) is 64.7 cm³/mol. The maximum absolute atomic E-state index is 8.88. The van der Waals surface area contributed by atoms with Crippen molar-refractivity contribution in [1.29, 1.82) is 5.26 Å². The van der Waals surface area contributed by atoms with Crippen LogP contribution in [-0.2, 0) is 0 Å². The molecule has 0 heterocycles. The van der Waals surface area contributed by atoms with Crippen LogP contribution in [0.25, 0.3) is 0 Å². The molecule has 3 nitrogen and oxygen atoms in total. The molecular weight excluding hydrogens is 186 g/mol. The van der Waals surface area contributed by atoms with Crippen molar-refractivity contribution >= 4 is 0 Å². The third-order valence-corrected chi connectivity index (χ3v) is 2.57. The van der Waals surface area contributed by atoms with Gasteiger partial charge in [-0.05, 0) is 67.5 Å². The SMILES string of the molecule is CN(C)CCCN(C)CCC(C)(C)C#N. The Labute approximate surface area is 94.7 Å². The molecule has 0 saturated heterocycles. The molecule has 0 bridgehead atoms. The Bertz CT molecular complexity index is 203. The average molecular weight is 211 g/mol. The van der Waals surface area contributed by atoms with Gasteiger partial charge in [0.1, 0.15) is 0 Å². The van der Waals surface area contributed by atoms with E-state index in [1.54, 1.807) is 0 Å². The van der Waals surface area contributed by atoms with E-state index in [-0.39, 0.29) is 5.41 Å². The maximum Gasteiger partial charge on any atom is 0.0684 e. The Morgan fingerprint density at radius 1 is 1.07 bits per heavy atom. The second-order valence-electron chi connectivity index (χ2n) is 5.21. The lowest BCUT2D eigenvalue weighted by Crippen LogP contribution is -2.27. The van der Waals surface area contributed by atoms with Gasteiger partial charge < -0.3 is 9.80 Å². The number of nitrogens with zero attached hydrogens (tertiary/aromatic N) is 3. The lowest BCUT2D eigenvalue weighted by atomic mass is 9.91. The van der Waals surface area contributed by atoms with Gasteiger partial charge >= 0.3 is 0 Å². The molecular formula is C12H25N3. The van der Waals surface area contributed by atoms with Gasteiger partial charge in [-0.15, -0.1) is 0 Å². The highest BCUT2D eigenvalue weighted by molar-refractivity contribution is 4.91. The van der Waals surface area contributed by atoms with E-state index in [2.05, 4.69) is 37.0 Å². The lowest BCUT2D eigenvalue weighted by Gasteiger charge is -2.22. The van der Waals surface area contributed by atoms with Crippen molar-refractivity contribution in [2.24, 2.45) is 5.41 Å². The summed E-state index contributed by atoms with van der Waals surface area (Å²) in [6.45, 7) is 7.25. The molecule has 0 atom stereocenters. The predicted octanol–water partition coefficient (Wildman–Crippen LogP) is 1.81. The van der Waals surface area contributed by atoms with E-state index in [0.717, 1.165) is 26.1 Å². The number of hydrogen-bond donors (Lipinski definition) is 0. The lowest BCUT2D eigenvalue weighted by molar-refractivity contribution is 0.269. The van der Waals surface area contributed by atoms with Crippen LogP contribution in [0.4, 0.5) is 0 Å². The summed E-state index contributed by atoms with van der Waals surface area (Å²) in [5.41, 5.74) is -0.185. The Balaban J connectivity index is 3.59. The first kappa shape index (κ1) is 14.4. The third kappa shape index (κ3) is 8.41. The topological polar surface area (TPSA) is 30.3 Å². The normalized spacial score (nSPS) is 12.1. The molecule has 0 aromatic rings. The van der Waals surface area contributed by atoms with Crippen LogP contribution in [0.15, 0.2) is 0 Å². The second-order valence-corrected chi connectivity index (χ2v) is 5.21. The summed E-state index contributed by atoms with van der Waals surface area (Å²) in [6.07, 6.45) is 2.14. The highest BCUT2D eigenvalue weighted by atomic mass is 15.1. The zero-order chi connectivity index (χ0) is 11.9. The molecule has 0 spiro atoms. The Hall–Kier alpha value is -0.590. The van der Waals surface area contributed by atoms with Gasteiger partial charge in [0, 0.05) is 0 Å².